The summed E-state index contributed by atoms with van der Waals surface area (Å²) in [6.45, 7) is 12.5. The number of hydrogen-bond acceptors (Lipinski definition) is 2. The first-order valence-corrected chi connectivity index (χ1v) is 7.82. The Morgan fingerprint density at radius 3 is 2.30 bits per heavy atom. The summed E-state index contributed by atoms with van der Waals surface area (Å²) in [5.41, 5.74) is 4.20. The van der Waals surface area contributed by atoms with E-state index in [-0.39, 0.29) is 5.41 Å². The minimum atomic E-state index is 0.188. The second-order valence-electron chi connectivity index (χ2n) is 7.07. The number of benzene rings is 1. The number of nitrogens with zero attached hydrogens (tertiary/aromatic N) is 1. The van der Waals surface area contributed by atoms with E-state index in [2.05, 4.69) is 44.7 Å². The van der Waals surface area contributed by atoms with Crippen molar-refractivity contribution in [1.29, 1.82) is 0 Å². The predicted octanol–water partition coefficient (Wildman–Crippen LogP) is 4.29. The summed E-state index contributed by atoms with van der Waals surface area (Å²) in [4.78, 5) is 2.56. The maximum atomic E-state index is 5.66. The van der Waals surface area contributed by atoms with Crippen molar-refractivity contribution in [2.45, 2.75) is 58.9 Å². The highest BCUT2D eigenvalue weighted by Crippen LogP contribution is 2.32. The van der Waals surface area contributed by atoms with Crippen molar-refractivity contribution in [3.8, 4) is 5.75 Å². The number of hydrogen-bond donors (Lipinski definition) is 0. The Balaban J connectivity index is 2.30. The van der Waals surface area contributed by atoms with Crippen LogP contribution in [-0.2, 0) is 12.0 Å². The first-order chi connectivity index (χ1) is 9.41. The van der Waals surface area contributed by atoms with Crippen LogP contribution in [0, 0.1) is 6.92 Å². The van der Waals surface area contributed by atoms with E-state index >= 15 is 0 Å². The number of likely N-dealkylation sites (tertiary alicyclic amines) is 1. The molecule has 0 spiro atoms. The van der Waals surface area contributed by atoms with Crippen LogP contribution in [0.15, 0.2) is 12.1 Å². The molecule has 1 aliphatic heterocycles. The second-order valence-corrected chi connectivity index (χ2v) is 7.07. The third-order valence-corrected chi connectivity index (χ3v) is 4.26. The first-order valence-electron chi connectivity index (χ1n) is 7.82. The fraction of sp³-hybridized carbons (Fsp3) is 0.667. The standard InChI is InChI=1S/C18H29NO/c1-14-11-16(18(2,3)4)12-15(17(14)20-5)13-19-9-7-6-8-10-19/h11-12H,6-10,13H2,1-5H3. The fourth-order valence-corrected chi connectivity index (χ4v) is 3.05. The van der Waals surface area contributed by atoms with Crippen molar-refractivity contribution < 1.29 is 4.74 Å². The molecule has 1 aromatic carbocycles. The molecule has 2 rings (SSSR count). The molecule has 1 saturated heterocycles. The average Bonchev–Trinajstić information content (AvgIpc) is 2.38. The van der Waals surface area contributed by atoms with Gasteiger partial charge in [0.05, 0.1) is 7.11 Å². The monoisotopic (exact) mass is 275 g/mol. The van der Waals surface area contributed by atoms with Gasteiger partial charge in [-0.25, -0.2) is 0 Å². The van der Waals surface area contributed by atoms with E-state index in [1.54, 1.807) is 7.11 Å². The summed E-state index contributed by atoms with van der Waals surface area (Å²) in [5.74, 6) is 1.07. The molecule has 0 amide bonds. The van der Waals surface area contributed by atoms with Gasteiger partial charge >= 0.3 is 0 Å². The van der Waals surface area contributed by atoms with E-state index in [1.165, 1.54) is 49.0 Å². The summed E-state index contributed by atoms with van der Waals surface area (Å²) in [6.07, 6.45) is 4.05. The number of rotatable bonds is 3. The van der Waals surface area contributed by atoms with Crippen LogP contribution in [0.2, 0.25) is 0 Å². The molecule has 0 bridgehead atoms. The highest BCUT2D eigenvalue weighted by atomic mass is 16.5. The van der Waals surface area contributed by atoms with E-state index in [0.717, 1.165) is 12.3 Å². The molecule has 1 aliphatic rings. The molecule has 0 atom stereocenters. The van der Waals surface area contributed by atoms with Gasteiger partial charge in [0.2, 0.25) is 0 Å². The van der Waals surface area contributed by atoms with Gasteiger partial charge < -0.3 is 4.74 Å². The van der Waals surface area contributed by atoms with E-state index < -0.39 is 0 Å². The zero-order chi connectivity index (χ0) is 14.8. The molecule has 1 heterocycles. The molecule has 112 valence electrons. The van der Waals surface area contributed by atoms with E-state index in [1.807, 2.05) is 0 Å². The van der Waals surface area contributed by atoms with Gasteiger partial charge in [-0.15, -0.1) is 0 Å². The molecule has 0 aromatic heterocycles. The lowest BCUT2D eigenvalue weighted by Crippen LogP contribution is -2.29. The summed E-state index contributed by atoms with van der Waals surface area (Å²) in [5, 5.41) is 0. The molecule has 20 heavy (non-hydrogen) atoms. The SMILES string of the molecule is COc1c(C)cc(C(C)(C)C)cc1CN1CCCCC1. The lowest BCUT2D eigenvalue weighted by atomic mass is 9.84. The lowest BCUT2D eigenvalue weighted by Gasteiger charge is -2.29. The van der Waals surface area contributed by atoms with Gasteiger partial charge in [-0.2, -0.15) is 0 Å². The molecule has 0 unspecified atom stereocenters. The highest BCUT2D eigenvalue weighted by Gasteiger charge is 2.20. The molecule has 0 aliphatic carbocycles. The van der Waals surface area contributed by atoms with Crippen molar-refractivity contribution in [2.75, 3.05) is 20.2 Å². The van der Waals surface area contributed by atoms with Crippen molar-refractivity contribution in [2.24, 2.45) is 0 Å². The summed E-state index contributed by atoms with van der Waals surface area (Å²) >= 11 is 0. The minimum Gasteiger partial charge on any atom is -0.496 e. The first kappa shape index (κ1) is 15.4. The van der Waals surface area contributed by atoms with Gasteiger partial charge in [0.1, 0.15) is 5.75 Å². The summed E-state index contributed by atoms with van der Waals surface area (Å²) in [7, 11) is 1.79. The Hall–Kier alpha value is -1.02. The summed E-state index contributed by atoms with van der Waals surface area (Å²) < 4.78 is 5.66. The fourth-order valence-electron chi connectivity index (χ4n) is 3.05. The van der Waals surface area contributed by atoms with Crippen molar-refractivity contribution in [1.82, 2.24) is 4.90 Å². The van der Waals surface area contributed by atoms with Gasteiger partial charge in [-0.05, 0) is 49.4 Å². The van der Waals surface area contributed by atoms with E-state index in [4.69, 9.17) is 4.74 Å². The normalized spacial score (nSPS) is 17.2. The lowest BCUT2D eigenvalue weighted by molar-refractivity contribution is 0.218. The maximum absolute atomic E-state index is 5.66. The molecule has 1 aromatic rings. The third kappa shape index (κ3) is 3.54. The molecule has 2 heteroatoms. The van der Waals surface area contributed by atoms with E-state index in [9.17, 15) is 0 Å². The molecular weight excluding hydrogens is 246 g/mol. The van der Waals surface area contributed by atoms with Crippen LogP contribution in [0.1, 0.15) is 56.7 Å². The van der Waals surface area contributed by atoms with Gasteiger partial charge in [0, 0.05) is 12.1 Å². The molecular formula is C18H29NO. The topological polar surface area (TPSA) is 12.5 Å². The number of methoxy groups -OCH3 is 1. The maximum Gasteiger partial charge on any atom is 0.126 e. The van der Waals surface area contributed by atoms with Gasteiger partial charge in [-0.3, -0.25) is 4.90 Å². The Kier molecular flexibility index (Phi) is 4.74. The average molecular weight is 275 g/mol. The third-order valence-electron chi connectivity index (χ3n) is 4.26. The molecule has 2 nitrogen and oxygen atoms in total. The number of piperidine rings is 1. The smallest absolute Gasteiger partial charge is 0.126 e. The Labute approximate surface area is 124 Å². The summed E-state index contributed by atoms with van der Waals surface area (Å²) in [6, 6.07) is 4.62. The molecule has 0 radical (unpaired) electrons. The van der Waals surface area contributed by atoms with Crippen LogP contribution in [0.4, 0.5) is 0 Å². The quantitative estimate of drug-likeness (QED) is 0.816. The highest BCUT2D eigenvalue weighted by molar-refractivity contribution is 5.46. The van der Waals surface area contributed by atoms with Crippen LogP contribution in [0.3, 0.4) is 0 Å². The van der Waals surface area contributed by atoms with Crippen LogP contribution < -0.4 is 4.74 Å². The van der Waals surface area contributed by atoms with Crippen LogP contribution >= 0.6 is 0 Å². The molecule has 0 N–H and O–H groups in total. The van der Waals surface area contributed by atoms with Gasteiger partial charge in [0.25, 0.3) is 0 Å². The Bertz CT molecular complexity index is 453. The van der Waals surface area contributed by atoms with Crippen molar-refractivity contribution >= 4 is 0 Å². The second kappa shape index (κ2) is 6.17. The number of ether oxygens (including phenoxy) is 1. The Morgan fingerprint density at radius 2 is 1.75 bits per heavy atom. The van der Waals surface area contributed by atoms with Crippen molar-refractivity contribution in [3.63, 3.8) is 0 Å². The Morgan fingerprint density at radius 1 is 1.10 bits per heavy atom. The molecule has 0 saturated carbocycles. The minimum absolute atomic E-state index is 0.188. The van der Waals surface area contributed by atoms with Crippen LogP contribution in [0.25, 0.3) is 0 Å². The largest absolute Gasteiger partial charge is 0.496 e. The van der Waals surface area contributed by atoms with Gasteiger partial charge in [-0.1, -0.05) is 39.3 Å². The number of aryl methyl sites for hydroxylation is 1. The van der Waals surface area contributed by atoms with Crippen LogP contribution in [-0.4, -0.2) is 25.1 Å². The van der Waals surface area contributed by atoms with Gasteiger partial charge in [0.15, 0.2) is 0 Å². The molecule has 1 fully saturated rings. The zero-order valence-corrected chi connectivity index (χ0v) is 13.8. The van der Waals surface area contributed by atoms with E-state index in [0.29, 0.717) is 0 Å². The van der Waals surface area contributed by atoms with Crippen molar-refractivity contribution in [3.05, 3.63) is 28.8 Å². The predicted molar refractivity (Wildman–Crippen MR) is 85.6 cm³/mol. The zero-order valence-electron chi connectivity index (χ0n) is 13.8. The van der Waals surface area contributed by atoms with Crippen LogP contribution in [0.5, 0.6) is 5.75 Å².